The molecule has 3 nitrogen and oxygen atoms in total. The minimum absolute atomic E-state index is 0.0291. The highest BCUT2D eigenvalue weighted by atomic mass is 19.4. The van der Waals surface area contributed by atoms with E-state index in [0.29, 0.717) is 0 Å². The van der Waals surface area contributed by atoms with Crippen LogP contribution in [0.1, 0.15) is 15.9 Å². The van der Waals surface area contributed by atoms with Crippen LogP contribution < -0.4 is 10.1 Å². The van der Waals surface area contributed by atoms with Crippen LogP contribution in [-0.4, -0.2) is 12.3 Å². The first kappa shape index (κ1) is 17.6. The molecule has 2 aromatic rings. The maximum atomic E-state index is 12.4. The van der Waals surface area contributed by atoms with Crippen LogP contribution in [0, 0.1) is 0 Å². The lowest BCUT2D eigenvalue weighted by Gasteiger charge is -2.10. The second-order valence-corrected chi connectivity index (χ2v) is 4.60. The third-order valence-electron chi connectivity index (χ3n) is 2.82. The Balaban J connectivity index is 2.04. The van der Waals surface area contributed by atoms with Gasteiger partial charge >= 0.3 is 12.5 Å². The van der Waals surface area contributed by atoms with E-state index in [1.54, 1.807) is 0 Å². The number of carbonyl (C=O) groups is 1. The van der Waals surface area contributed by atoms with E-state index in [9.17, 15) is 31.1 Å². The summed E-state index contributed by atoms with van der Waals surface area (Å²) < 4.78 is 77.0. The first-order valence-corrected chi connectivity index (χ1v) is 6.39. The normalized spacial score (nSPS) is 11.9. The van der Waals surface area contributed by atoms with E-state index in [2.05, 4.69) is 10.1 Å². The number of hydrogen-bond acceptors (Lipinski definition) is 2. The monoisotopic (exact) mass is 349 g/mol. The van der Waals surface area contributed by atoms with Crippen LogP contribution in [0.25, 0.3) is 0 Å². The van der Waals surface area contributed by atoms with E-state index in [-0.39, 0.29) is 11.3 Å². The van der Waals surface area contributed by atoms with Gasteiger partial charge in [0.05, 0.1) is 5.56 Å². The predicted octanol–water partition coefficient (Wildman–Crippen LogP) is 4.86. The van der Waals surface area contributed by atoms with Crippen molar-refractivity contribution >= 4 is 11.6 Å². The molecule has 0 spiro atoms. The average Bonchev–Trinajstić information content (AvgIpc) is 2.47. The summed E-state index contributed by atoms with van der Waals surface area (Å²) in [7, 11) is 0. The fourth-order valence-corrected chi connectivity index (χ4v) is 1.75. The molecular weight excluding hydrogens is 340 g/mol. The molecule has 0 fully saturated rings. The van der Waals surface area contributed by atoms with Crippen molar-refractivity contribution in [1.29, 1.82) is 0 Å². The van der Waals surface area contributed by atoms with Gasteiger partial charge < -0.3 is 10.1 Å². The highest BCUT2D eigenvalue weighted by Gasteiger charge is 2.31. The summed E-state index contributed by atoms with van der Waals surface area (Å²) in [5.41, 5.74) is -0.763. The van der Waals surface area contributed by atoms with Crippen molar-refractivity contribution in [2.45, 2.75) is 12.5 Å². The number of halogens is 6. The molecule has 0 aliphatic carbocycles. The van der Waals surface area contributed by atoms with Gasteiger partial charge in [0.25, 0.3) is 5.91 Å². The summed E-state index contributed by atoms with van der Waals surface area (Å²) >= 11 is 0. The first-order valence-electron chi connectivity index (χ1n) is 6.39. The molecule has 9 heteroatoms. The molecule has 24 heavy (non-hydrogen) atoms. The number of anilines is 1. The van der Waals surface area contributed by atoms with Crippen molar-refractivity contribution in [2.24, 2.45) is 0 Å². The van der Waals surface area contributed by atoms with Crippen molar-refractivity contribution < 1.29 is 35.9 Å². The Morgan fingerprint density at radius 2 is 1.38 bits per heavy atom. The van der Waals surface area contributed by atoms with E-state index in [0.717, 1.165) is 36.4 Å². The van der Waals surface area contributed by atoms with Crippen molar-refractivity contribution in [3.05, 3.63) is 59.7 Å². The molecule has 0 heterocycles. The Labute approximate surface area is 131 Å². The smallest absolute Gasteiger partial charge is 0.406 e. The molecule has 0 bridgehead atoms. The van der Waals surface area contributed by atoms with Crippen molar-refractivity contribution in [1.82, 2.24) is 0 Å². The Hall–Kier alpha value is -2.71. The van der Waals surface area contributed by atoms with Gasteiger partial charge in [0.2, 0.25) is 0 Å². The molecule has 0 saturated carbocycles. The lowest BCUT2D eigenvalue weighted by Crippen LogP contribution is -2.17. The van der Waals surface area contributed by atoms with Crippen LogP contribution >= 0.6 is 0 Å². The standard InChI is InChI=1S/C15H9F6NO2/c16-14(17,18)10-3-1-9(2-4-10)13(23)22-11-5-7-12(8-6-11)24-15(19,20)21/h1-8H,(H,22,23). The van der Waals surface area contributed by atoms with E-state index >= 15 is 0 Å². The number of ether oxygens (including phenoxy) is 1. The van der Waals surface area contributed by atoms with E-state index in [4.69, 9.17) is 0 Å². The summed E-state index contributed by atoms with van der Waals surface area (Å²) in [6.07, 6.45) is -9.34. The molecule has 0 saturated heterocycles. The lowest BCUT2D eigenvalue weighted by atomic mass is 10.1. The number of benzene rings is 2. The number of amides is 1. The zero-order valence-electron chi connectivity index (χ0n) is 11.7. The molecule has 128 valence electrons. The molecule has 0 unspecified atom stereocenters. The topological polar surface area (TPSA) is 38.3 Å². The number of alkyl halides is 6. The number of rotatable bonds is 3. The quantitative estimate of drug-likeness (QED) is 0.804. The van der Waals surface area contributed by atoms with Gasteiger partial charge in [-0.2, -0.15) is 13.2 Å². The van der Waals surface area contributed by atoms with Gasteiger partial charge in [0.15, 0.2) is 0 Å². The Bertz CT molecular complexity index is 705. The van der Waals surface area contributed by atoms with Gasteiger partial charge in [-0.25, -0.2) is 0 Å². The van der Waals surface area contributed by atoms with Gasteiger partial charge in [0.1, 0.15) is 5.75 Å². The lowest BCUT2D eigenvalue weighted by molar-refractivity contribution is -0.274. The van der Waals surface area contributed by atoms with Crippen LogP contribution in [0.3, 0.4) is 0 Å². The maximum Gasteiger partial charge on any atom is 0.573 e. The van der Waals surface area contributed by atoms with Crippen LogP contribution in [0.5, 0.6) is 5.75 Å². The van der Waals surface area contributed by atoms with Crippen molar-refractivity contribution in [2.75, 3.05) is 5.32 Å². The zero-order valence-corrected chi connectivity index (χ0v) is 11.7. The predicted molar refractivity (Wildman–Crippen MR) is 72.5 cm³/mol. The molecule has 1 amide bonds. The highest BCUT2D eigenvalue weighted by molar-refractivity contribution is 6.04. The minimum Gasteiger partial charge on any atom is -0.406 e. The molecule has 2 rings (SSSR count). The third kappa shape index (κ3) is 4.90. The van der Waals surface area contributed by atoms with Gasteiger partial charge in [-0.15, -0.1) is 13.2 Å². The van der Waals surface area contributed by atoms with E-state index < -0.39 is 29.8 Å². The van der Waals surface area contributed by atoms with Gasteiger partial charge in [-0.3, -0.25) is 4.79 Å². The summed E-state index contributed by atoms with van der Waals surface area (Å²) in [6.45, 7) is 0. The van der Waals surface area contributed by atoms with Gasteiger partial charge in [-0.05, 0) is 48.5 Å². The number of hydrogen-bond donors (Lipinski definition) is 1. The largest absolute Gasteiger partial charge is 0.573 e. The fourth-order valence-electron chi connectivity index (χ4n) is 1.75. The Morgan fingerprint density at radius 3 is 1.83 bits per heavy atom. The summed E-state index contributed by atoms with van der Waals surface area (Å²) in [6, 6.07) is 7.85. The van der Waals surface area contributed by atoms with E-state index in [1.165, 1.54) is 12.1 Å². The minimum atomic E-state index is -4.83. The SMILES string of the molecule is O=C(Nc1ccc(OC(F)(F)F)cc1)c1ccc(C(F)(F)F)cc1. The molecule has 0 aliphatic heterocycles. The number of nitrogens with one attached hydrogen (secondary N) is 1. The van der Waals surface area contributed by atoms with Crippen LogP contribution in [0.15, 0.2) is 48.5 Å². The second kappa shape index (κ2) is 6.42. The molecule has 0 aromatic heterocycles. The van der Waals surface area contributed by atoms with Crippen molar-refractivity contribution in [3.8, 4) is 5.75 Å². The second-order valence-electron chi connectivity index (χ2n) is 4.60. The molecule has 0 aliphatic rings. The summed E-state index contributed by atoms with van der Waals surface area (Å²) in [5, 5.41) is 2.35. The molecular formula is C15H9F6NO2. The first-order chi connectivity index (χ1) is 11.0. The molecule has 0 radical (unpaired) electrons. The summed E-state index contributed by atoms with van der Waals surface area (Å²) in [4.78, 5) is 11.9. The van der Waals surface area contributed by atoms with Crippen LogP contribution in [0.4, 0.5) is 32.0 Å². The zero-order chi connectivity index (χ0) is 18.0. The Morgan fingerprint density at radius 1 is 0.833 bits per heavy atom. The summed E-state index contributed by atoms with van der Waals surface area (Å²) in [5.74, 6) is -1.16. The van der Waals surface area contributed by atoms with Crippen LogP contribution in [-0.2, 0) is 6.18 Å². The van der Waals surface area contributed by atoms with Gasteiger partial charge in [-0.1, -0.05) is 0 Å². The molecule has 1 N–H and O–H groups in total. The molecule has 2 aromatic carbocycles. The third-order valence-corrected chi connectivity index (χ3v) is 2.82. The molecule has 0 atom stereocenters. The number of carbonyl (C=O) groups excluding carboxylic acids is 1. The maximum absolute atomic E-state index is 12.4. The average molecular weight is 349 g/mol. The van der Waals surface area contributed by atoms with E-state index in [1.807, 2.05) is 0 Å². The Kier molecular flexibility index (Phi) is 4.72. The fraction of sp³-hybridized carbons (Fsp3) is 0.133. The highest BCUT2D eigenvalue weighted by Crippen LogP contribution is 2.29. The van der Waals surface area contributed by atoms with Crippen molar-refractivity contribution in [3.63, 3.8) is 0 Å². The van der Waals surface area contributed by atoms with Gasteiger partial charge in [0, 0.05) is 11.3 Å². The van der Waals surface area contributed by atoms with Crippen LogP contribution in [0.2, 0.25) is 0 Å².